The highest BCUT2D eigenvalue weighted by Gasteiger charge is 2.39. The third-order valence-electron chi connectivity index (χ3n) is 4.39. The molecule has 0 radical (unpaired) electrons. The van der Waals surface area contributed by atoms with E-state index in [0.29, 0.717) is 0 Å². The van der Waals surface area contributed by atoms with Gasteiger partial charge < -0.3 is 9.64 Å². The molecule has 3 heteroatoms. The Bertz CT molecular complexity index is 858. The zero-order chi connectivity index (χ0) is 14.7. The van der Waals surface area contributed by atoms with E-state index in [-0.39, 0.29) is 0 Å². The second-order valence-corrected chi connectivity index (χ2v) is 7.62. The molecule has 0 atom stereocenters. The summed E-state index contributed by atoms with van der Waals surface area (Å²) < 4.78 is 5.46. The molecule has 0 aliphatic carbocycles. The Hall–Kier alpha value is -2.31. The van der Waals surface area contributed by atoms with Crippen LogP contribution in [0, 0.1) is 0 Å². The lowest BCUT2D eigenvalue weighted by molar-refractivity contribution is 0.415. The minimum Gasteiger partial charge on any atom is -0.497 e. The molecule has 2 nitrogen and oxygen atoms in total. The van der Waals surface area contributed by atoms with E-state index in [1.807, 2.05) is 0 Å². The van der Waals surface area contributed by atoms with E-state index >= 15 is 0 Å². The smallest absolute Gasteiger partial charge is 0.119 e. The highest BCUT2D eigenvalue weighted by molar-refractivity contribution is 7.81. The van der Waals surface area contributed by atoms with Gasteiger partial charge in [0.1, 0.15) is 5.75 Å². The Morgan fingerprint density at radius 2 is 1.32 bits per heavy atom. The van der Waals surface area contributed by atoms with Gasteiger partial charge >= 0.3 is 0 Å². The molecule has 0 saturated heterocycles. The van der Waals surface area contributed by atoms with E-state index in [2.05, 4.69) is 71.6 Å². The minimum absolute atomic E-state index is 0.495. The number of nitrogens with zero attached hydrogens (tertiary/aromatic N) is 1. The summed E-state index contributed by atoms with van der Waals surface area (Å²) in [7, 11) is 1.24. The van der Waals surface area contributed by atoms with Gasteiger partial charge in [-0.25, -0.2) is 0 Å². The predicted molar refractivity (Wildman–Crippen MR) is 93.5 cm³/mol. The van der Waals surface area contributed by atoms with Crippen molar-refractivity contribution in [3.8, 4) is 5.75 Å². The second kappa shape index (κ2) is 4.34. The minimum atomic E-state index is -0.495. The molecule has 2 bridgehead atoms. The Morgan fingerprint density at radius 3 is 1.95 bits per heavy atom. The maximum atomic E-state index is 5.46. The van der Waals surface area contributed by atoms with Crippen molar-refractivity contribution in [3.63, 3.8) is 0 Å². The van der Waals surface area contributed by atoms with E-state index in [4.69, 9.17) is 4.74 Å². The molecule has 0 aromatic heterocycles. The maximum absolute atomic E-state index is 5.46. The van der Waals surface area contributed by atoms with E-state index < -0.39 is 7.92 Å². The van der Waals surface area contributed by atoms with Gasteiger partial charge in [-0.05, 0) is 38.3 Å². The van der Waals surface area contributed by atoms with Crippen molar-refractivity contribution in [2.75, 3.05) is 12.0 Å². The van der Waals surface area contributed by atoms with Crippen LogP contribution in [0.15, 0.2) is 66.7 Å². The average Bonchev–Trinajstić information content (AvgIpc) is 2.60. The summed E-state index contributed by atoms with van der Waals surface area (Å²) in [6, 6.07) is 24.0. The van der Waals surface area contributed by atoms with Crippen molar-refractivity contribution in [2.24, 2.45) is 0 Å². The van der Waals surface area contributed by atoms with Crippen LogP contribution in [0.4, 0.5) is 17.1 Å². The standard InChI is InChI=1S/C19H14NOP/c1-21-13-10-11-16-19(12-13)22-17-8-4-2-6-14(17)20(16)15-7-3-5-9-18(15)22/h2-12H,1H3. The summed E-state index contributed by atoms with van der Waals surface area (Å²) in [4.78, 5) is 2.39. The third kappa shape index (κ3) is 1.43. The number of hydrogen-bond donors (Lipinski definition) is 0. The molecular weight excluding hydrogens is 289 g/mol. The van der Waals surface area contributed by atoms with Gasteiger partial charge in [0, 0.05) is 15.9 Å². The van der Waals surface area contributed by atoms with Crippen LogP contribution in [-0.4, -0.2) is 7.11 Å². The molecule has 6 rings (SSSR count). The first-order valence-corrected chi connectivity index (χ1v) is 8.69. The fourth-order valence-electron chi connectivity index (χ4n) is 3.46. The Labute approximate surface area is 130 Å². The zero-order valence-electron chi connectivity index (χ0n) is 12.2. The van der Waals surface area contributed by atoms with Crippen molar-refractivity contribution < 1.29 is 4.74 Å². The van der Waals surface area contributed by atoms with Crippen molar-refractivity contribution in [1.29, 1.82) is 0 Å². The Kier molecular flexibility index (Phi) is 2.42. The fraction of sp³-hybridized carbons (Fsp3) is 0.0526. The molecule has 106 valence electrons. The number of ether oxygens (including phenoxy) is 1. The number of anilines is 3. The summed E-state index contributed by atoms with van der Waals surface area (Å²) in [5, 5.41) is 4.28. The summed E-state index contributed by atoms with van der Waals surface area (Å²) in [6.45, 7) is 0. The number of methoxy groups -OCH3 is 1. The van der Waals surface area contributed by atoms with Crippen LogP contribution in [0.1, 0.15) is 0 Å². The molecule has 3 heterocycles. The first-order valence-electron chi connectivity index (χ1n) is 7.35. The number of rotatable bonds is 1. The molecule has 0 unspecified atom stereocenters. The monoisotopic (exact) mass is 303 g/mol. The Morgan fingerprint density at radius 1 is 0.727 bits per heavy atom. The van der Waals surface area contributed by atoms with Gasteiger partial charge in [0.25, 0.3) is 0 Å². The molecule has 0 fully saturated rings. The third-order valence-corrected chi connectivity index (χ3v) is 6.95. The van der Waals surface area contributed by atoms with Gasteiger partial charge in [0.05, 0.1) is 24.2 Å². The van der Waals surface area contributed by atoms with Crippen molar-refractivity contribution in [1.82, 2.24) is 0 Å². The Balaban J connectivity index is 1.87. The summed E-state index contributed by atoms with van der Waals surface area (Å²) >= 11 is 0. The van der Waals surface area contributed by atoms with Crippen LogP contribution < -0.4 is 25.6 Å². The SMILES string of the molecule is COc1ccc2c(c1)P1c3ccccc3N2c2ccccc21. The molecule has 0 saturated carbocycles. The van der Waals surface area contributed by atoms with E-state index in [0.717, 1.165) is 5.75 Å². The van der Waals surface area contributed by atoms with Crippen molar-refractivity contribution in [3.05, 3.63) is 66.7 Å². The van der Waals surface area contributed by atoms with Crippen LogP contribution in [-0.2, 0) is 0 Å². The lowest BCUT2D eigenvalue weighted by atomic mass is 10.1. The summed E-state index contributed by atoms with van der Waals surface area (Å²) in [6.07, 6.45) is 0. The topological polar surface area (TPSA) is 12.5 Å². The predicted octanol–water partition coefficient (Wildman–Crippen LogP) is 3.55. The highest BCUT2D eigenvalue weighted by Crippen LogP contribution is 2.55. The molecular formula is C19H14NOP. The van der Waals surface area contributed by atoms with E-state index in [1.165, 1.54) is 33.0 Å². The van der Waals surface area contributed by atoms with Crippen LogP contribution in [0.25, 0.3) is 0 Å². The number of hydrogen-bond acceptors (Lipinski definition) is 2. The summed E-state index contributed by atoms with van der Waals surface area (Å²) in [5.74, 6) is 0.935. The van der Waals surface area contributed by atoms with Crippen LogP contribution >= 0.6 is 7.92 Å². The van der Waals surface area contributed by atoms with Crippen LogP contribution in [0.2, 0.25) is 0 Å². The summed E-state index contributed by atoms with van der Waals surface area (Å²) in [5.41, 5.74) is 3.94. The van der Waals surface area contributed by atoms with Gasteiger partial charge in [-0.1, -0.05) is 36.4 Å². The van der Waals surface area contributed by atoms with Gasteiger partial charge in [-0.3, -0.25) is 0 Å². The van der Waals surface area contributed by atoms with Gasteiger partial charge in [-0.15, -0.1) is 0 Å². The largest absolute Gasteiger partial charge is 0.497 e. The fourth-order valence-corrected chi connectivity index (χ4v) is 6.18. The van der Waals surface area contributed by atoms with E-state index in [9.17, 15) is 0 Å². The van der Waals surface area contributed by atoms with Gasteiger partial charge in [-0.2, -0.15) is 0 Å². The van der Waals surface area contributed by atoms with Crippen LogP contribution in [0.3, 0.4) is 0 Å². The molecule has 0 amide bonds. The molecule has 3 aliphatic heterocycles. The number of para-hydroxylation sites is 2. The van der Waals surface area contributed by atoms with Crippen molar-refractivity contribution >= 4 is 40.9 Å². The lowest BCUT2D eigenvalue weighted by Crippen LogP contribution is -2.41. The highest BCUT2D eigenvalue weighted by atomic mass is 31.1. The second-order valence-electron chi connectivity index (χ2n) is 5.50. The molecule has 3 aliphatic rings. The van der Waals surface area contributed by atoms with Gasteiger partial charge in [0.15, 0.2) is 0 Å². The quantitative estimate of drug-likeness (QED) is 0.439. The average molecular weight is 303 g/mol. The lowest BCUT2D eigenvalue weighted by Gasteiger charge is -2.44. The van der Waals surface area contributed by atoms with E-state index in [1.54, 1.807) is 7.11 Å². The van der Waals surface area contributed by atoms with Crippen molar-refractivity contribution in [2.45, 2.75) is 0 Å². The normalized spacial score (nSPS) is 14.3. The molecule has 22 heavy (non-hydrogen) atoms. The molecule has 0 N–H and O–H groups in total. The molecule has 3 aromatic rings. The molecule has 0 spiro atoms. The molecule has 3 aromatic carbocycles. The first kappa shape index (κ1) is 12.3. The maximum Gasteiger partial charge on any atom is 0.119 e. The van der Waals surface area contributed by atoms with Gasteiger partial charge in [0.2, 0.25) is 0 Å². The first-order chi connectivity index (χ1) is 10.9. The number of benzene rings is 3. The zero-order valence-corrected chi connectivity index (χ0v) is 13.0. The van der Waals surface area contributed by atoms with Crippen LogP contribution in [0.5, 0.6) is 5.75 Å².